The predicted molar refractivity (Wildman–Crippen MR) is 83.2 cm³/mol. The van der Waals surface area contributed by atoms with Crippen molar-refractivity contribution in [2.24, 2.45) is 0 Å². The van der Waals surface area contributed by atoms with Crippen LogP contribution >= 0.6 is 23.2 Å². The maximum absolute atomic E-state index is 12.0. The Bertz CT molecular complexity index is 596. The van der Waals surface area contributed by atoms with E-state index >= 15 is 0 Å². The van der Waals surface area contributed by atoms with Crippen molar-refractivity contribution in [2.75, 3.05) is 0 Å². The number of carbonyl (C=O) groups is 1. The van der Waals surface area contributed by atoms with Crippen LogP contribution < -0.4 is 5.32 Å². The number of halogens is 2. The maximum Gasteiger partial charge on any atom is 0.224 e. The molecule has 20 heavy (non-hydrogen) atoms. The normalized spacial score (nSPS) is 11.9. The Morgan fingerprint density at radius 1 is 1.10 bits per heavy atom. The Morgan fingerprint density at radius 3 is 2.45 bits per heavy atom. The lowest BCUT2D eigenvalue weighted by atomic mass is 10.1. The van der Waals surface area contributed by atoms with Gasteiger partial charge in [-0.05, 0) is 42.3 Å². The van der Waals surface area contributed by atoms with E-state index in [-0.39, 0.29) is 11.9 Å². The number of hydrogen-bond acceptors (Lipinski definition) is 1. The highest BCUT2D eigenvalue weighted by Crippen LogP contribution is 2.17. The molecular formula is C16H15Cl2NO. The summed E-state index contributed by atoms with van der Waals surface area (Å²) in [6.45, 7) is 1.94. The zero-order valence-corrected chi connectivity index (χ0v) is 12.6. The number of hydrogen-bond donors (Lipinski definition) is 1. The molecule has 0 radical (unpaired) electrons. The summed E-state index contributed by atoms with van der Waals surface area (Å²) < 4.78 is 0. The van der Waals surface area contributed by atoms with E-state index < -0.39 is 0 Å². The van der Waals surface area contributed by atoms with Gasteiger partial charge in [0.1, 0.15) is 0 Å². The van der Waals surface area contributed by atoms with E-state index in [1.54, 1.807) is 12.1 Å². The first kappa shape index (κ1) is 14.9. The predicted octanol–water partition coefficient (Wildman–Crippen LogP) is 4.41. The van der Waals surface area contributed by atoms with Crippen molar-refractivity contribution in [3.05, 3.63) is 69.7 Å². The van der Waals surface area contributed by atoms with Crippen molar-refractivity contribution in [3.63, 3.8) is 0 Å². The van der Waals surface area contributed by atoms with Gasteiger partial charge in [-0.3, -0.25) is 4.79 Å². The zero-order valence-electron chi connectivity index (χ0n) is 11.1. The highest BCUT2D eigenvalue weighted by atomic mass is 35.5. The Hall–Kier alpha value is -1.51. The molecule has 0 aromatic heterocycles. The summed E-state index contributed by atoms with van der Waals surface area (Å²) in [6, 6.07) is 14.7. The third-order valence-electron chi connectivity index (χ3n) is 3.00. The maximum atomic E-state index is 12.0. The summed E-state index contributed by atoms with van der Waals surface area (Å²) in [6.07, 6.45) is 0.335. The molecule has 2 aromatic carbocycles. The van der Waals surface area contributed by atoms with E-state index in [2.05, 4.69) is 5.32 Å². The number of nitrogens with one attached hydrogen (secondary N) is 1. The molecule has 2 aromatic rings. The minimum Gasteiger partial charge on any atom is -0.349 e. The first-order valence-corrected chi connectivity index (χ1v) is 7.09. The van der Waals surface area contributed by atoms with E-state index in [4.69, 9.17) is 23.2 Å². The molecule has 0 aliphatic carbocycles. The van der Waals surface area contributed by atoms with Gasteiger partial charge in [-0.25, -0.2) is 0 Å². The molecule has 1 unspecified atom stereocenters. The van der Waals surface area contributed by atoms with Crippen LogP contribution in [0.3, 0.4) is 0 Å². The van der Waals surface area contributed by atoms with Gasteiger partial charge in [0, 0.05) is 10.0 Å². The molecule has 0 fully saturated rings. The molecular weight excluding hydrogens is 293 g/mol. The quantitative estimate of drug-likeness (QED) is 0.890. The minimum absolute atomic E-state index is 0.0280. The Morgan fingerprint density at radius 2 is 1.80 bits per heavy atom. The van der Waals surface area contributed by atoms with Crippen LogP contribution in [0.25, 0.3) is 0 Å². The smallest absolute Gasteiger partial charge is 0.224 e. The summed E-state index contributed by atoms with van der Waals surface area (Å²) in [5.41, 5.74) is 1.92. The Kier molecular flexibility index (Phi) is 5.05. The van der Waals surface area contributed by atoms with Crippen LogP contribution in [0.15, 0.2) is 48.5 Å². The minimum atomic E-state index is -0.0755. The van der Waals surface area contributed by atoms with Crippen molar-refractivity contribution in [1.29, 1.82) is 0 Å². The van der Waals surface area contributed by atoms with Crippen molar-refractivity contribution < 1.29 is 4.79 Å². The standard InChI is InChI=1S/C16H15Cl2NO/c1-11(13-3-2-4-15(18)10-13)19-16(20)9-12-5-7-14(17)8-6-12/h2-8,10-11H,9H2,1H3,(H,19,20). The third-order valence-corrected chi connectivity index (χ3v) is 3.49. The van der Waals surface area contributed by atoms with E-state index in [1.165, 1.54) is 0 Å². The molecule has 4 heteroatoms. The molecule has 1 atom stereocenters. The van der Waals surface area contributed by atoms with Gasteiger partial charge < -0.3 is 5.32 Å². The van der Waals surface area contributed by atoms with Gasteiger partial charge >= 0.3 is 0 Å². The molecule has 0 saturated heterocycles. The summed E-state index contributed by atoms with van der Waals surface area (Å²) in [7, 11) is 0. The molecule has 104 valence electrons. The van der Waals surface area contributed by atoms with Crippen LogP contribution in [0, 0.1) is 0 Å². The van der Waals surface area contributed by atoms with Crippen LogP contribution in [0.2, 0.25) is 10.0 Å². The first-order valence-electron chi connectivity index (χ1n) is 6.34. The lowest BCUT2D eigenvalue weighted by Crippen LogP contribution is -2.28. The molecule has 0 saturated carbocycles. The monoisotopic (exact) mass is 307 g/mol. The molecule has 1 N–H and O–H groups in total. The molecule has 1 amide bonds. The van der Waals surface area contributed by atoms with Crippen molar-refractivity contribution in [2.45, 2.75) is 19.4 Å². The van der Waals surface area contributed by atoms with E-state index in [0.29, 0.717) is 16.5 Å². The van der Waals surface area contributed by atoms with Crippen molar-refractivity contribution in [3.8, 4) is 0 Å². The van der Waals surface area contributed by atoms with Crippen molar-refractivity contribution in [1.82, 2.24) is 5.32 Å². The first-order chi connectivity index (χ1) is 9.54. The second kappa shape index (κ2) is 6.78. The van der Waals surface area contributed by atoms with Crippen molar-refractivity contribution >= 4 is 29.1 Å². The molecule has 0 spiro atoms. The third kappa shape index (κ3) is 4.26. The van der Waals surface area contributed by atoms with Gasteiger partial charge in [0.15, 0.2) is 0 Å². The SMILES string of the molecule is CC(NC(=O)Cc1ccc(Cl)cc1)c1cccc(Cl)c1. The number of carbonyl (C=O) groups excluding carboxylic acids is 1. The average molecular weight is 308 g/mol. The number of benzene rings is 2. The van der Waals surface area contributed by atoms with Gasteiger partial charge in [-0.2, -0.15) is 0 Å². The molecule has 2 rings (SSSR count). The second-order valence-corrected chi connectivity index (χ2v) is 5.52. The number of amides is 1. The molecule has 0 aliphatic rings. The van der Waals surface area contributed by atoms with Crippen LogP contribution in [0.5, 0.6) is 0 Å². The highest BCUT2D eigenvalue weighted by molar-refractivity contribution is 6.30. The number of rotatable bonds is 4. The fourth-order valence-electron chi connectivity index (χ4n) is 1.94. The fourth-order valence-corrected chi connectivity index (χ4v) is 2.26. The van der Waals surface area contributed by atoms with Gasteiger partial charge in [0.25, 0.3) is 0 Å². The molecule has 0 bridgehead atoms. The van der Waals surface area contributed by atoms with Gasteiger partial charge in [0.05, 0.1) is 12.5 Å². The van der Waals surface area contributed by atoms with Crippen LogP contribution in [0.4, 0.5) is 0 Å². The zero-order chi connectivity index (χ0) is 14.5. The molecule has 0 heterocycles. The van der Waals surface area contributed by atoms with E-state index in [9.17, 15) is 4.79 Å². The summed E-state index contributed by atoms with van der Waals surface area (Å²) in [5, 5.41) is 4.29. The van der Waals surface area contributed by atoms with Gasteiger partial charge in [0.2, 0.25) is 5.91 Å². The largest absolute Gasteiger partial charge is 0.349 e. The lowest BCUT2D eigenvalue weighted by molar-refractivity contribution is -0.121. The van der Waals surface area contributed by atoms with Gasteiger partial charge in [-0.1, -0.05) is 47.5 Å². The van der Waals surface area contributed by atoms with E-state index in [0.717, 1.165) is 11.1 Å². The molecule has 2 nitrogen and oxygen atoms in total. The Balaban J connectivity index is 1.95. The second-order valence-electron chi connectivity index (χ2n) is 4.65. The summed E-state index contributed by atoms with van der Waals surface area (Å²) >= 11 is 11.8. The summed E-state index contributed by atoms with van der Waals surface area (Å²) in [5.74, 6) is -0.0280. The topological polar surface area (TPSA) is 29.1 Å². The molecule has 0 aliphatic heterocycles. The average Bonchev–Trinajstić information content (AvgIpc) is 2.41. The van der Waals surface area contributed by atoms with Crippen LogP contribution in [-0.2, 0) is 11.2 Å². The van der Waals surface area contributed by atoms with Crippen LogP contribution in [-0.4, -0.2) is 5.91 Å². The lowest BCUT2D eigenvalue weighted by Gasteiger charge is -2.14. The highest BCUT2D eigenvalue weighted by Gasteiger charge is 2.10. The Labute approximate surface area is 128 Å². The summed E-state index contributed by atoms with van der Waals surface area (Å²) in [4.78, 5) is 12.0. The van der Waals surface area contributed by atoms with Gasteiger partial charge in [-0.15, -0.1) is 0 Å². The fraction of sp³-hybridized carbons (Fsp3) is 0.188. The van der Waals surface area contributed by atoms with Crippen LogP contribution in [0.1, 0.15) is 24.1 Å². The van der Waals surface area contributed by atoms with E-state index in [1.807, 2.05) is 43.3 Å².